The SMILES string of the molecule is COc1ccc(C(C)NC(=O)CCSCc2nc3sc4c(c3c(=O)[nH]2)CCC4)cc1OC. The van der Waals surface area contributed by atoms with Gasteiger partial charge in [-0.25, -0.2) is 4.98 Å². The molecule has 0 bridgehead atoms. The number of aromatic nitrogens is 2. The zero-order valence-electron chi connectivity index (χ0n) is 18.4. The van der Waals surface area contributed by atoms with Crippen molar-refractivity contribution in [2.45, 2.75) is 44.4 Å². The van der Waals surface area contributed by atoms with Crippen LogP contribution in [0.2, 0.25) is 0 Å². The van der Waals surface area contributed by atoms with Crippen LogP contribution < -0.4 is 20.3 Å². The number of hydrogen-bond acceptors (Lipinski definition) is 7. The normalized spacial score (nSPS) is 13.7. The molecule has 0 fully saturated rings. The highest BCUT2D eigenvalue weighted by molar-refractivity contribution is 7.98. The monoisotopic (exact) mass is 473 g/mol. The van der Waals surface area contributed by atoms with Crippen molar-refractivity contribution in [3.05, 3.63) is 50.4 Å². The van der Waals surface area contributed by atoms with E-state index in [9.17, 15) is 9.59 Å². The quantitative estimate of drug-likeness (QED) is 0.457. The lowest BCUT2D eigenvalue weighted by atomic mass is 10.1. The topological polar surface area (TPSA) is 93.3 Å². The molecule has 170 valence electrons. The van der Waals surface area contributed by atoms with E-state index in [4.69, 9.17) is 9.47 Å². The number of rotatable bonds is 9. The van der Waals surface area contributed by atoms with Gasteiger partial charge in [0.25, 0.3) is 5.56 Å². The predicted molar refractivity (Wildman–Crippen MR) is 129 cm³/mol. The minimum absolute atomic E-state index is 0.0219. The van der Waals surface area contributed by atoms with Gasteiger partial charge < -0.3 is 19.8 Å². The van der Waals surface area contributed by atoms with E-state index < -0.39 is 0 Å². The minimum Gasteiger partial charge on any atom is -0.493 e. The van der Waals surface area contributed by atoms with Crippen molar-refractivity contribution >= 4 is 39.2 Å². The number of amides is 1. The lowest BCUT2D eigenvalue weighted by Gasteiger charge is -2.16. The minimum atomic E-state index is -0.145. The Morgan fingerprint density at radius 1 is 1.28 bits per heavy atom. The molecule has 1 aliphatic rings. The first-order valence-corrected chi connectivity index (χ1v) is 12.6. The van der Waals surface area contributed by atoms with E-state index in [1.54, 1.807) is 37.3 Å². The zero-order chi connectivity index (χ0) is 22.7. The average molecular weight is 474 g/mol. The van der Waals surface area contributed by atoms with E-state index in [0.29, 0.717) is 35.2 Å². The summed E-state index contributed by atoms with van der Waals surface area (Å²) in [7, 11) is 3.18. The number of H-pyrrole nitrogens is 1. The van der Waals surface area contributed by atoms with Crippen LogP contribution in [0.15, 0.2) is 23.0 Å². The van der Waals surface area contributed by atoms with Crippen LogP contribution in [0.1, 0.15) is 47.6 Å². The number of thioether (sulfide) groups is 1. The number of aryl methyl sites for hydroxylation is 2. The first kappa shape index (κ1) is 22.7. The molecular weight excluding hydrogens is 446 g/mol. The Morgan fingerprint density at radius 2 is 2.09 bits per heavy atom. The van der Waals surface area contributed by atoms with Crippen molar-refractivity contribution in [1.82, 2.24) is 15.3 Å². The summed E-state index contributed by atoms with van der Waals surface area (Å²) in [4.78, 5) is 34.6. The van der Waals surface area contributed by atoms with Crippen LogP contribution in [0.3, 0.4) is 0 Å². The molecule has 4 rings (SSSR count). The van der Waals surface area contributed by atoms with Gasteiger partial charge in [-0.05, 0) is 49.4 Å². The molecule has 2 N–H and O–H groups in total. The summed E-state index contributed by atoms with van der Waals surface area (Å²) in [6, 6.07) is 5.48. The van der Waals surface area contributed by atoms with Gasteiger partial charge in [-0.1, -0.05) is 6.07 Å². The van der Waals surface area contributed by atoms with Crippen LogP contribution in [0.4, 0.5) is 0 Å². The molecule has 7 nitrogen and oxygen atoms in total. The number of benzene rings is 1. The number of ether oxygens (including phenoxy) is 2. The molecule has 0 radical (unpaired) electrons. The Hall–Kier alpha value is -2.52. The fourth-order valence-corrected chi connectivity index (χ4v) is 6.05. The van der Waals surface area contributed by atoms with Gasteiger partial charge in [-0.15, -0.1) is 11.3 Å². The Balaban J connectivity index is 1.28. The van der Waals surface area contributed by atoms with Crippen molar-refractivity contribution in [3.8, 4) is 11.5 Å². The maximum absolute atomic E-state index is 12.5. The van der Waals surface area contributed by atoms with Gasteiger partial charge in [0.15, 0.2) is 11.5 Å². The first-order valence-electron chi connectivity index (χ1n) is 10.6. The predicted octanol–water partition coefficient (Wildman–Crippen LogP) is 3.99. The highest BCUT2D eigenvalue weighted by Crippen LogP contribution is 2.34. The summed E-state index contributed by atoms with van der Waals surface area (Å²) < 4.78 is 10.6. The molecule has 9 heteroatoms. The number of aromatic amines is 1. The van der Waals surface area contributed by atoms with Gasteiger partial charge in [-0.3, -0.25) is 9.59 Å². The number of nitrogens with one attached hydrogen (secondary N) is 2. The summed E-state index contributed by atoms with van der Waals surface area (Å²) in [5.41, 5.74) is 2.10. The highest BCUT2D eigenvalue weighted by atomic mass is 32.2. The van der Waals surface area contributed by atoms with E-state index in [-0.39, 0.29) is 17.5 Å². The van der Waals surface area contributed by atoms with Crippen molar-refractivity contribution in [1.29, 1.82) is 0 Å². The lowest BCUT2D eigenvalue weighted by molar-refractivity contribution is -0.121. The van der Waals surface area contributed by atoms with Crippen LogP contribution in [-0.2, 0) is 23.4 Å². The summed E-state index contributed by atoms with van der Waals surface area (Å²) in [6.07, 6.45) is 3.55. The third-order valence-corrected chi connectivity index (χ3v) is 7.78. The Labute approximate surface area is 194 Å². The van der Waals surface area contributed by atoms with Gasteiger partial charge in [0, 0.05) is 17.1 Å². The third-order valence-electron chi connectivity index (χ3n) is 5.62. The molecule has 0 aliphatic heterocycles. The number of carbonyl (C=O) groups is 1. The molecule has 2 heterocycles. The number of nitrogens with zero attached hydrogens (tertiary/aromatic N) is 1. The molecule has 0 saturated heterocycles. The molecule has 2 aromatic heterocycles. The van der Waals surface area contributed by atoms with Crippen LogP contribution in [0, 0.1) is 0 Å². The van der Waals surface area contributed by atoms with Crippen molar-refractivity contribution in [2.75, 3.05) is 20.0 Å². The van der Waals surface area contributed by atoms with Gasteiger partial charge in [0.2, 0.25) is 5.91 Å². The van der Waals surface area contributed by atoms with E-state index in [1.807, 2.05) is 25.1 Å². The van der Waals surface area contributed by atoms with Gasteiger partial charge >= 0.3 is 0 Å². The summed E-state index contributed by atoms with van der Waals surface area (Å²) in [6.45, 7) is 1.94. The molecule has 0 saturated carbocycles. The average Bonchev–Trinajstić information content (AvgIpc) is 3.37. The highest BCUT2D eigenvalue weighted by Gasteiger charge is 2.21. The van der Waals surface area contributed by atoms with Gasteiger partial charge in [-0.2, -0.15) is 11.8 Å². The molecule has 0 spiro atoms. The standard InChI is InChI=1S/C23H27N3O4S2/c1-13(14-7-8-16(29-2)17(11-14)30-3)24-20(27)9-10-31-12-19-25-22(28)21-15-5-4-6-18(15)32-23(21)26-19/h7-8,11,13H,4-6,9-10,12H2,1-3H3,(H,24,27)(H,25,26,28). The smallest absolute Gasteiger partial charge is 0.259 e. The second-order valence-corrected chi connectivity index (χ2v) is 9.95. The molecular formula is C23H27N3O4S2. The molecule has 1 atom stereocenters. The molecule has 1 aromatic carbocycles. The van der Waals surface area contributed by atoms with Crippen LogP contribution in [0.25, 0.3) is 10.2 Å². The van der Waals surface area contributed by atoms with E-state index in [0.717, 1.165) is 35.0 Å². The maximum Gasteiger partial charge on any atom is 0.259 e. The fourth-order valence-electron chi connectivity index (χ4n) is 3.97. The second kappa shape index (κ2) is 9.95. The van der Waals surface area contributed by atoms with Crippen LogP contribution in [0.5, 0.6) is 11.5 Å². The van der Waals surface area contributed by atoms with E-state index in [1.165, 1.54) is 10.4 Å². The van der Waals surface area contributed by atoms with Gasteiger partial charge in [0.1, 0.15) is 10.7 Å². The van der Waals surface area contributed by atoms with Crippen molar-refractivity contribution in [3.63, 3.8) is 0 Å². The van der Waals surface area contributed by atoms with Crippen molar-refractivity contribution < 1.29 is 14.3 Å². The number of methoxy groups -OCH3 is 2. The molecule has 1 unspecified atom stereocenters. The van der Waals surface area contributed by atoms with Crippen LogP contribution in [-0.4, -0.2) is 35.8 Å². The van der Waals surface area contributed by atoms with Crippen molar-refractivity contribution in [2.24, 2.45) is 0 Å². The Kier molecular flexibility index (Phi) is 7.05. The summed E-state index contributed by atoms with van der Waals surface area (Å²) in [5.74, 6) is 3.16. The zero-order valence-corrected chi connectivity index (χ0v) is 20.1. The molecule has 1 amide bonds. The summed E-state index contributed by atoms with van der Waals surface area (Å²) >= 11 is 3.24. The van der Waals surface area contributed by atoms with Gasteiger partial charge in [0.05, 0.1) is 31.4 Å². The summed E-state index contributed by atoms with van der Waals surface area (Å²) in [5, 5.41) is 3.80. The largest absolute Gasteiger partial charge is 0.493 e. The number of fused-ring (bicyclic) bond motifs is 3. The Bertz CT molecular complexity index is 1190. The number of carbonyl (C=O) groups excluding carboxylic acids is 1. The van der Waals surface area contributed by atoms with Crippen LogP contribution >= 0.6 is 23.1 Å². The third kappa shape index (κ3) is 4.78. The molecule has 3 aromatic rings. The number of hydrogen-bond donors (Lipinski definition) is 2. The second-order valence-electron chi connectivity index (χ2n) is 7.76. The molecule has 32 heavy (non-hydrogen) atoms. The molecule has 1 aliphatic carbocycles. The lowest BCUT2D eigenvalue weighted by Crippen LogP contribution is -2.26. The first-order chi connectivity index (χ1) is 15.5. The number of thiophene rings is 1. The van der Waals surface area contributed by atoms with E-state index >= 15 is 0 Å². The fraction of sp³-hybridized carbons (Fsp3) is 0.435. The Morgan fingerprint density at radius 3 is 2.88 bits per heavy atom. The maximum atomic E-state index is 12.5. The van der Waals surface area contributed by atoms with E-state index in [2.05, 4.69) is 15.3 Å².